The van der Waals surface area contributed by atoms with Gasteiger partial charge in [0.1, 0.15) is 11.7 Å². The standard InChI is InChI=1S/C11H13FN4O4/c1-11(2-17)7(18)5(12)10(20-11)16-4-15-6-8(16)13-3-14-9(6)19/h3-5,7,10,17-18H,2H2,1H3,(H,13,14,19). The number of imidazole rings is 1. The largest absolute Gasteiger partial charge is 0.393 e. The van der Waals surface area contributed by atoms with Crippen LogP contribution in [0.15, 0.2) is 17.4 Å². The molecule has 108 valence electrons. The van der Waals surface area contributed by atoms with Crippen LogP contribution in [-0.4, -0.2) is 54.2 Å². The highest BCUT2D eigenvalue weighted by Crippen LogP contribution is 2.39. The highest BCUT2D eigenvalue weighted by Gasteiger charge is 2.53. The van der Waals surface area contributed by atoms with Crippen molar-refractivity contribution in [3.8, 4) is 0 Å². The summed E-state index contributed by atoms with van der Waals surface area (Å²) in [7, 11) is 0. The van der Waals surface area contributed by atoms with E-state index in [1.165, 1.54) is 24.1 Å². The van der Waals surface area contributed by atoms with Crippen LogP contribution in [0.25, 0.3) is 11.2 Å². The molecule has 0 radical (unpaired) electrons. The van der Waals surface area contributed by atoms with Gasteiger partial charge in [0, 0.05) is 0 Å². The second kappa shape index (κ2) is 4.33. The number of nitrogens with zero attached hydrogens (tertiary/aromatic N) is 3. The lowest BCUT2D eigenvalue weighted by molar-refractivity contribution is -0.115. The number of ether oxygens (including phenoxy) is 1. The van der Waals surface area contributed by atoms with Crippen LogP contribution in [0, 0.1) is 0 Å². The minimum Gasteiger partial charge on any atom is -0.393 e. The second-order valence-corrected chi connectivity index (χ2v) is 4.92. The molecule has 3 N–H and O–H groups in total. The van der Waals surface area contributed by atoms with Crippen LogP contribution in [0.1, 0.15) is 13.2 Å². The Morgan fingerprint density at radius 1 is 1.60 bits per heavy atom. The molecule has 0 aromatic carbocycles. The van der Waals surface area contributed by atoms with E-state index >= 15 is 0 Å². The summed E-state index contributed by atoms with van der Waals surface area (Å²) in [5.74, 6) is 0. The maximum atomic E-state index is 14.2. The number of aromatic amines is 1. The molecular formula is C11H13FN4O4. The Labute approximate surface area is 111 Å². The molecule has 4 unspecified atom stereocenters. The van der Waals surface area contributed by atoms with E-state index in [1.807, 2.05) is 0 Å². The van der Waals surface area contributed by atoms with Crippen molar-refractivity contribution in [1.82, 2.24) is 19.5 Å². The molecule has 4 atom stereocenters. The van der Waals surface area contributed by atoms with Crippen molar-refractivity contribution in [1.29, 1.82) is 0 Å². The normalized spacial score (nSPS) is 33.9. The van der Waals surface area contributed by atoms with Gasteiger partial charge in [-0.2, -0.15) is 0 Å². The van der Waals surface area contributed by atoms with Gasteiger partial charge in [0.05, 0.1) is 19.3 Å². The molecule has 1 aliphatic rings. The SMILES string of the molecule is CC1(CO)OC(n2cnc3c(=O)[nH]cnc32)C(F)C1O. The molecule has 2 aromatic rings. The molecule has 1 fully saturated rings. The van der Waals surface area contributed by atoms with E-state index in [4.69, 9.17) is 4.74 Å². The highest BCUT2D eigenvalue weighted by atomic mass is 19.1. The molecular weight excluding hydrogens is 271 g/mol. The molecule has 0 saturated carbocycles. The number of aromatic nitrogens is 4. The van der Waals surface area contributed by atoms with Gasteiger partial charge in [-0.25, -0.2) is 14.4 Å². The van der Waals surface area contributed by atoms with Crippen LogP contribution in [0.5, 0.6) is 0 Å². The number of nitrogens with one attached hydrogen (secondary N) is 1. The first-order valence-electron chi connectivity index (χ1n) is 5.99. The zero-order valence-electron chi connectivity index (χ0n) is 10.5. The summed E-state index contributed by atoms with van der Waals surface area (Å²) in [6.07, 6.45) is -2.07. The lowest BCUT2D eigenvalue weighted by atomic mass is 9.99. The number of aliphatic hydroxyl groups is 2. The summed E-state index contributed by atoms with van der Waals surface area (Å²) in [6, 6.07) is 0. The molecule has 1 aliphatic heterocycles. The molecule has 0 bridgehead atoms. The molecule has 1 saturated heterocycles. The van der Waals surface area contributed by atoms with Crippen LogP contribution in [0.2, 0.25) is 0 Å². The minimum atomic E-state index is -1.77. The predicted molar refractivity (Wildman–Crippen MR) is 64.7 cm³/mol. The number of fused-ring (bicyclic) bond motifs is 1. The maximum Gasteiger partial charge on any atom is 0.278 e. The third-order valence-corrected chi connectivity index (χ3v) is 3.54. The van der Waals surface area contributed by atoms with Crippen molar-refractivity contribution in [2.75, 3.05) is 6.61 Å². The Hall–Kier alpha value is -1.84. The maximum absolute atomic E-state index is 14.2. The fourth-order valence-electron chi connectivity index (χ4n) is 2.29. The van der Waals surface area contributed by atoms with Crippen molar-refractivity contribution < 1.29 is 19.3 Å². The molecule has 0 amide bonds. The van der Waals surface area contributed by atoms with E-state index in [2.05, 4.69) is 15.0 Å². The van der Waals surface area contributed by atoms with Gasteiger partial charge in [-0.1, -0.05) is 0 Å². The highest BCUT2D eigenvalue weighted by molar-refractivity contribution is 5.68. The number of alkyl halides is 1. The number of hydrogen-bond acceptors (Lipinski definition) is 6. The molecule has 2 aromatic heterocycles. The van der Waals surface area contributed by atoms with Crippen molar-refractivity contribution >= 4 is 11.2 Å². The first-order chi connectivity index (χ1) is 9.48. The van der Waals surface area contributed by atoms with Gasteiger partial charge in [0.2, 0.25) is 0 Å². The Bertz CT molecular complexity index is 701. The van der Waals surface area contributed by atoms with Crippen LogP contribution in [0.4, 0.5) is 4.39 Å². The van der Waals surface area contributed by atoms with Crippen molar-refractivity contribution in [2.45, 2.75) is 31.0 Å². The van der Waals surface area contributed by atoms with Crippen LogP contribution in [-0.2, 0) is 4.74 Å². The zero-order valence-corrected chi connectivity index (χ0v) is 10.5. The molecule has 0 spiro atoms. The van der Waals surface area contributed by atoms with E-state index in [-0.39, 0.29) is 11.2 Å². The third kappa shape index (κ3) is 1.67. The Morgan fingerprint density at radius 3 is 3.00 bits per heavy atom. The summed E-state index contributed by atoms with van der Waals surface area (Å²) < 4.78 is 20.9. The van der Waals surface area contributed by atoms with Crippen LogP contribution in [0.3, 0.4) is 0 Å². The first kappa shape index (κ1) is 13.2. The fraction of sp³-hybridized carbons (Fsp3) is 0.545. The molecule has 3 rings (SSSR count). The fourth-order valence-corrected chi connectivity index (χ4v) is 2.29. The minimum absolute atomic E-state index is 0.0513. The number of H-pyrrole nitrogens is 1. The van der Waals surface area contributed by atoms with Gasteiger partial charge in [-0.05, 0) is 6.92 Å². The lowest BCUT2D eigenvalue weighted by Crippen LogP contribution is -2.42. The van der Waals surface area contributed by atoms with Crippen molar-refractivity contribution in [3.63, 3.8) is 0 Å². The zero-order chi connectivity index (χ0) is 14.5. The van der Waals surface area contributed by atoms with Gasteiger partial charge in [0.25, 0.3) is 5.56 Å². The van der Waals surface area contributed by atoms with E-state index < -0.39 is 36.3 Å². The van der Waals surface area contributed by atoms with Crippen LogP contribution >= 0.6 is 0 Å². The summed E-state index contributed by atoms with van der Waals surface area (Å²) in [5.41, 5.74) is -1.67. The van der Waals surface area contributed by atoms with Gasteiger partial charge in [-0.3, -0.25) is 9.36 Å². The monoisotopic (exact) mass is 284 g/mol. The number of aliphatic hydroxyl groups excluding tert-OH is 2. The van der Waals surface area contributed by atoms with E-state index in [0.717, 1.165) is 0 Å². The predicted octanol–water partition coefficient (Wildman–Crippen LogP) is -0.902. The lowest BCUT2D eigenvalue weighted by Gasteiger charge is -2.24. The van der Waals surface area contributed by atoms with Crippen molar-refractivity contribution in [3.05, 3.63) is 23.0 Å². The molecule has 8 nitrogen and oxygen atoms in total. The summed E-state index contributed by atoms with van der Waals surface area (Å²) in [4.78, 5) is 21.7. The average Bonchev–Trinajstić information content (AvgIpc) is 2.96. The number of halogens is 1. The first-order valence-corrected chi connectivity index (χ1v) is 5.99. The Kier molecular flexibility index (Phi) is 2.85. The average molecular weight is 284 g/mol. The van der Waals surface area contributed by atoms with Gasteiger partial charge < -0.3 is 19.9 Å². The number of rotatable bonds is 2. The Morgan fingerprint density at radius 2 is 2.35 bits per heavy atom. The Balaban J connectivity index is 2.09. The van der Waals surface area contributed by atoms with E-state index in [1.54, 1.807) is 0 Å². The van der Waals surface area contributed by atoms with Gasteiger partial charge >= 0.3 is 0 Å². The second-order valence-electron chi connectivity index (χ2n) is 4.92. The van der Waals surface area contributed by atoms with E-state index in [9.17, 15) is 19.4 Å². The van der Waals surface area contributed by atoms with Crippen molar-refractivity contribution in [2.24, 2.45) is 0 Å². The quantitative estimate of drug-likeness (QED) is 0.658. The number of hydrogen-bond donors (Lipinski definition) is 3. The van der Waals surface area contributed by atoms with Crippen LogP contribution < -0.4 is 5.56 Å². The smallest absolute Gasteiger partial charge is 0.278 e. The molecule has 9 heteroatoms. The molecule has 3 heterocycles. The third-order valence-electron chi connectivity index (χ3n) is 3.54. The summed E-state index contributed by atoms with van der Waals surface area (Å²) in [6.45, 7) is 0.870. The van der Waals surface area contributed by atoms with Gasteiger partial charge in [-0.15, -0.1) is 0 Å². The molecule has 20 heavy (non-hydrogen) atoms. The molecule has 0 aliphatic carbocycles. The summed E-state index contributed by atoms with van der Waals surface area (Å²) in [5, 5.41) is 19.1. The van der Waals surface area contributed by atoms with Gasteiger partial charge in [0.15, 0.2) is 23.6 Å². The summed E-state index contributed by atoms with van der Waals surface area (Å²) >= 11 is 0. The topological polar surface area (TPSA) is 113 Å². The van der Waals surface area contributed by atoms with E-state index in [0.29, 0.717) is 0 Å².